The van der Waals surface area contributed by atoms with Crippen LogP contribution in [0.15, 0.2) is 16.9 Å². The normalized spacial score (nSPS) is 27.2. The Morgan fingerprint density at radius 1 is 1.14 bits per heavy atom. The van der Waals surface area contributed by atoms with Crippen LogP contribution in [0.25, 0.3) is 0 Å². The number of likely N-dealkylation sites (N-methyl/N-ethyl adjacent to an activating group) is 1. The second kappa shape index (κ2) is 6.30. The van der Waals surface area contributed by atoms with Gasteiger partial charge in [-0.15, -0.1) is 0 Å². The quantitative estimate of drug-likeness (QED) is 0.873. The minimum Gasteiger partial charge on any atom is -0.377 e. The number of nitrogens with zero attached hydrogens (tertiary/aromatic N) is 3. The maximum Gasteiger partial charge on any atom is 0.251 e. The number of pyridine rings is 1. The highest BCUT2D eigenvalue weighted by Gasteiger charge is 2.24. The van der Waals surface area contributed by atoms with Crippen molar-refractivity contribution in [3.05, 3.63) is 22.5 Å². The molecule has 122 valence electrons. The van der Waals surface area contributed by atoms with Gasteiger partial charge in [0.1, 0.15) is 5.82 Å². The van der Waals surface area contributed by atoms with Crippen molar-refractivity contribution < 1.29 is 4.74 Å². The van der Waals surface area contributed by atoms with Gasteiger partial charge in [-0.2, -0.15) is 0 Å². The molecule has 1 unspecified atom stereocenters. The Kier molecular flexibility index (Phi) is 4.40. The number of nitrogens with one attached hydrogen (secondary N) is 1. The molecule has 1 N–H and O–H groups in total. The van der Waals surface area contributed by atoms with Crippen LogP contribution in [0.5, 0.6) is 0 Å². The van der Waals surface area contributed by atoms with E-state index in [2.05, 4.69) is 46.6 Å². The SMILES string of the molecule is CC1CN(C)CCN1c1cc(N2CCOC[C@H]2C)cc(=O)[nH]1. The Morgan fingerprint density at radius 3 is 2.68 bits per heavy atom. The minimum absolute atomic E-state index is 0.0303. The maximum absolute atomic E-state index is 12.1. The zero-order valence-corrected chi connectivity index (χ0v) is 13.7. The molecule has 3 heterocycles. The van der Waals surface area contributed by atoms with Gasteiger partial charge in [0, 0.05) is 56.1 Å². The highest BCUT2D eigenvalue weighted by Crippen LogP contribution is 2.24. The van der Waals surface area contributed by atoms with Crippen molar-refractivity contribution in [2.45, 2.75) is 25.9 Å². The third-order valence-corrected chi connectivity index (χ3v) is 4.65. The molecule has 1 aromatic heterocycles. The van der Waals surface area contributed by atoms with Crippen LogP contribution in [-0.4, -0.2) is 68.4 Å². The summed E-state index contributed by atoms with van der Waals surface area (Å²) >= 11 is 0. The first kappa shape index (κ1) is 15.4. The molecule has 0 aliphatic carbocycles. The van der Waals surface area contributed by atoms with Crippen LogP contribution in [-0.2, 0) is 4.74 Å². The predicted octanol–water partition coefficient (Wildman–Crippen LogP) is 0.740. The van der Waals surface area contributed by atoms with Gasteiger partial charge in [0.05, 0.1) is 13.2 Å². The van der Waals surface area contributed by atoms with Crippen molar-refractivity contribution >= 4 is 11.5 Å². The highest BCUT2D eigenvalue weighted by molar-refractivity contribution is 5.56. The number of morpholine rings is 1. The van der Waals surface area contributed by atoms with E-state index in [9.17, 15) is 4.79 Å². The molecule has 0 spiro atoms. The lowest BCUT2D eigenvalue weighted by atomic mass is 10.2. The molecule has 6 nitrogen and oxygen atoms in total. The summed E-state index contributed by atoms with van der Waals surface area (Å²) in [5.74, 6) is 0.932. The number of hydrogen-bond acceptors (Lipinski definition) is 5. The smallest absolute Gasteiger partial charge is 0.251 e. The summed E-state index contributed by atoms with van der Waals surface area (Å²) in [6.45, 7) is 9.59. The number of ether oxygens (including phenoxy) is 1. The van der Waals surface area contributed by atoms with Gasteiger partial charge in [-0.3, -0.25) is 4.79 Å². The van der Waals surface area contributed by atoms with Crippen molar-refractivity contribution in [1.82, 2.24) is 9.88 Å². The summed E-state index contributed by atoms with van der Waals surface area (Å²) in [6.07, 6.45) is 0. The van der Waals surface area contributed by atoms with Crippen molar-refractivity contribution in [2.24, 2.45) is 0 Å². The van der Waals surface area contributed by atoms with Gasteiger partial charge in [0.25, 0.3) is 5.56 Å². The fourth-order valence-electron chi connectivity index (χ4n) is 3.44. The van der Waals surface area contributed by atoms with Crippen LogP contribution in [0.3, 0.4) is 0 Å². The molecule has 0 bridgehead atoms. The number of piperazine rings is 1. The van der Waals surface area contributed by atoms with Gasteiger partial charge in [0.2, 0.25) is 0 Å². The van der Waals surface area contributed by atoms with Crippen LogP contribution in [0.4, 0.5) is 11.5 Å². The minimum atomic E-state index is -0.0303. The molecule has 0 amide bonds. The van der Waals surface area contributed by atoms with Crippen molar-refractivity contribution in [2.75, 3.05) is 56.2 Å². The second-order valence-electron chi connectivity index (χ2n) is 6.51. The Labute approximate surface area is 131 Å². The molecule has 2 fully saturated rings. The van der Waals surface area contributed by atoms with E-state index in [0.717, 1.165) is 44.3 Å². The van der Waals surface area contributed by atoms with Gasteiger partial charge in [-0.05, 0) is 20.9 Å². The van der Waals surface area contributed by atoms with Crippen LogP contribution < -0.4 is 15.4 Å². The van der Waals surface area contributed by atoms with Gasteiger partial charge in [-0.25, -0.2) is 0 Å². The van der Waals surface area contributed by atoms with Crippen molar-refractivity contribution in [1.29, 1.82) is 0 Å². The largest absolute Gasteiger partial charge is 0.377 e. The highest BCUT2D eigenvalue weighted by atomic mass is 16.5. The molecule has 2 atom stereocenters. The van der Waals surface area contributed by atoms with Crippen LogP contribution in [0.2, 0.25) is 0 Å². The predicted molar refractivity (Wildman–Crippen MR) is 89.0 cm³/mol. The summed E-state index contributed by atoms with van der Waals surface area (Å²) in [4.78, 5) is 22.0. The molecule has 1 aromatic rings. The topological polar surface area (TPSA) is 51.8 Å². The molecular weight excluding hydrogens is 280 g/mol. The first-order valence-corrected chi connectivity index (χ1v) is 8.08. The fourth-order valence-corrected chi connectivity index (χ4v) is 3.44. The Hall–Kier alpha value is -1.53. The van der Waals surface area contributed by atoms with E-state index < -0.39 is 0 Å². The van der Waals surface area contributed by atoms with E-state index in [1.165, 1.54) is 0 Å². The zero-order valence-electron chi connectivity index (χ0n) is 13.7. The van der Waals surface area contributed by atoms with Crippen LogP contribution >= 0.6 is 0 Å². The summed E-state index contributed by atoms with van der Waals surface area (Å²) in [7, 11) is 2.14. The van der Waals surface area contributed by atoms with E-state index in [4.69, 9.17) is 4.74 Å². The average Bonchev–Trinajstić information content (AvgIpc) is 2.47. The van der Waals surface area contributed by atoms with Crippen molar-refractivity contribution in [3.63, 3.8) is 0 Å². The fraction of sp³-hybridized carbons (Fsp3) is 0.688. The summed E-state index contributed by atoms with van der Waals surface area (Å²) in [6, 6.07) is 4.51. The summed E-state index contributed by atoms with van der Waals surface area (Å²) < 4.78 is 5.50. The average molecular weight is 306 g/mol. The number of rotatable bonds is 2. The molecule has 0 radical (unpaired) electrons. The lowest BCUT2D eigenvalue weighted by Gasteiger charge is -2.40. The van der Waals surface area contributed by atoms with E-state index in [-0.39, 0.29) is 5.56 Å². The standard InChI is InChI=1S/C16H26N4O2/c1-12-10-18(3)4-5-20(12)15-8-14(9-16(21)17-15)19-6-7-22-11-13(19)2/h8-9,12-13H,4-7,10-11H2,1-3H3,(H,17,21)/t12?,13-/m1/s1. The van der Waals surface area contributed by atoms with E-state index in [0.29, 0.717) is 18.7 Å². The van der Waals surface area contributed by atoms with Crippen LogP contribution in [0.1, 0.15) is 13.8 Å². The third kappa shape index (κ3) is 3.13. The Balaban J connectivity index is 1.88. The number of anilines is 2. The number of hydrogen-bond donors (Lipinski definition) is 1. The molecule has 3 rings (SSSR count). The molecule has 2 aliphatic heterocycles. The first-order valence-electron chi connectivity index (χ1n) is 8.08. The zero-order chi connectivity index (χ0) is 15.7. The number of aromatic nitrogens is 1. The molecule has 0 aromatic carbocycles. The summed E-state index contributed by atoms with van der Waals surface area (Å²) in [5, 5.41) is 0. The number of H-pyrrole nitrogens is 1. The Bertz CT molecular complexity index is 574. The van der Waals surface area contributed by atoms with E-state index in [1.54, 1.807) is 6.07 Å². The van der Waals surface area contributed by atoms with Gasteiger partial charge in [0.15, 0.2) is 0 Å². The molecule has 22 heavy (non-hydrogen) atoms. The van der Waals surface area contributed by atoms with E-state index >= 15 is 0 Å². The Morgan fingerprint density at radius 2 is 1.95 bits per heavy atom. The van der Waals surface area contributed by atoms with Crippen molar-refractivity contribution in [3.8, 4) is 0 Å². The van der Waals surface area contributed by atoms with Gasteiger partial charge >= 0.3 is 0 Å². The van der Waals surface area contributed by atoms with Crippen LogP contribution in [0, 0.1) is 0 Å². The maximum atomic E-state index is 12.1. The van der Waals surface area contributed by atoms with Gasteiger partial charge < -0.3 is 24.4 Å². The monoisotopic (exact) mass is 306 g/mol. The first-order chi connectivity index (χ1) is 10.5. The second-order valence-corrected chi connectivity index (χ2v) is 6.51. The third-order valence-electron chi connectivity index (χ3n) is 4.65. The lowest BCUT2D eigenvalue weighted by Crippen LogP contribution is -2.51. The number of aromatic amines is 1. The molecule has 6 heteroatoms. The molecule has 2 aliphatic rings. The molecular formula is C16H26N4O2. The summed E-state index contributed by atoms with van der Waals surface area (Å²) in [5.41, 5.74) is 0.970. The van der Waals surface area contributed by atoms with Gasteiger partial charge in [-0.1, -0.05) is 0 Å². The lowest BCUT2D eigenvalue weighted by molar-refractivity contribution is 0.0989. The molecule has 2 saturated heterocycles. The van der Waals surface area contributed by atoms with E-state index in [1.807, 2.05) is 0 Å². The molecule has 0 saturated carbocycles.